The second-order valence-electron chi connectivity index (χ2n) is 21.1. The lowest BCUT2D eigenvalue weighted by molar-refractivity contribution is 0.602. The lowest BCUT2D eigenvalue weighted by Crippen LogP contribution is -1.94. The molecule has 0 heteroatoms. The zero-order chi connectivity index (χ0) is 46.2. The molecule has 0 unspecified atom stereocenters. The quantitative estimate of drug-likeness (QED) is 0.120. The second-order valence-corrected chi connectivity index (χ2v) is 21.1. The van der Waals surface area contributed by atoms with Crippen molar-refractivity contribution in [2.24, 2.45) is 0 Å². The number of hydrogen-bond donors (Lipinski definition) is 0. The van der Waals surface area contributed by atoms with Gasteiger partial charge in [0.2, 0.25) is 0 Å². The van der Waals surface area contributed by atoms with Gasteiger partial charge in [-0.25, -0.2) is 0 Å². The van der Waals surface area contributed by atoms with Gasteiger partial charge in [-0.05, 0) is 210 Å². The van der Waals surface area contributed by atoms with Gasteiger partial charge >= 0.3 is 0 Å². The summed E-state index contributed by atoms with van der Waals surface area (Å²) in [4.78, 5) is 0. The molecule has 11 rings (SSSR count). The van der Waals surface area contributed by atoms with Crippen LogP contribution < -0.4 is 0 Å². The number of fused-ring (bicyclic) bond motifs is 3. The molecule has 0 saturated heterocycles. The summed E-state index contributed by atoms with van der Waals surface area (Å²) in [5.41, 5.74) is 27.4. The summed E-state index contributed by atoms with van der Waals surface area (Å²) in [6, 6.07) is 51.8. The van der Waals surface area contributed by atoms with Crippen molar-refractivity contribution in [3.63, 3.8) is 0 Å². The van der Waals surface area contributed by atoms with Gasteiger partial charge in [0.15, 0.2) is 0 Å². The molecule has 0 spiro atoms. The fourth-order valence-electron chi connectivity index (χ4n) is 12.0. The molecule has 0 nitrogen and oxygen atoms in total. The lowest BCUT2D eigenvalue weighted by Gasteiger charge is -2.15. The van der Waals surface area contributed by atoms with Crippen molar-refractivity contribution in [3.05, 3.63) is 223 Å². The summed E-state index contributed by atoms with van der Waals surface area (Å²) < 4.78 is 0. The Morgan fingerprint density at radius 2 is 0.507 bits per heavy atom. The van der Waals surface area contributed by atoms with Crippen LogP contribution in [0, 0.1) is 0 Å². The SMILES string of the molecule is C(=C1CCCCC1)c1ccc(C(=Cc2ccc3c(c2)Cc2cc(C=C(c4ccc(C=C5CCCCC5)cc4)c4ccc(C=C5CCCCC5)cc4)ccc2-3)c2ccc(C=C3CCCCC3)cc2)cc1. The highest BCUT2D eigenvalue weighted by Crippen LogP contribution is 2.40. The Balaban J connectivity index is 0.889. The smallest absolute Gasteiger partial charge is 0.00130 e. The summed E-state index contributed by atoms with van der Waals surface area (Å²) >= 11 is 0. The molecule has 0 aromatic heterocycles. The zero-order valence-corrected chi connectivity index (χ0v) is 41.0. The number of hydrogen-bond acceptors (Lipinski definition) is 0. The van der Waals surface area contributed by atoms with E-state index in [4.69, 9.17) is 0 Å². The van der Waals surface area contributed by atoms with Gasteiger partial charge in [-0.3, -0.25) is 0 Å². The fourth-order valence-corrected chi connectivity index (χ4v) is 12.0. The van der Waals surface area contributed by atoms with Crippen LogP contribution in [0.3, 0.4) is 0 Å². The molecule has 6 aromatic carbocycles. The standard InChI is InChI=1S/C69H70/c1-5-13-50(14-6-1)41-54-21-31-60(32-22-54)68(61-33-23-55(24-34-61)42-51-15-7-2-8-16-51)47-58-29-39-66-64(45-58)49-65-46-59(30-40-67(65)66)48-69(62-35-25-56(26-36-62)43-52-17-9-3-10-18-52)63-37-27-57(28-38-63)44-53-19-11-4-12-20-53/h21-48H,1-20,49H2. The molecule has 0 bridgehead atoms. The highest BCUT2D eigenvalue weighted by atomic mass is 14.2. The highest BCUT2D eigenvalue weighted by Gasteiger charge is 2.20. The maximum Gasteiger partial charge on any atom is -0.00130 e. The van der Waals surface area contributed by atoms with Gasteiger partial charge in [0.05, 0.1) is 0 Å². The second kappa shape index (κ2) is 21.6. The summed E-state index contributed by atoms with van der Waals surface area (Å²) in [6.07, 6.45) is 41.7. The Morgan fingerprint density at radius 1 is 0.261 bits per heavy atom. The molecule has 0 heterocycles. The summed E-state index contributed by atoms with van der Waals surface area (Å²) in [5, 5.41) is 0. The van der Waals surface area contributed by atoms with Crippen molar-refractivity contribution in [2.45, 2.75) is 135 Å². The maximum absolute atomic E-state index is 2.45. The molecule has 4 fully saturated rings. The van der Waals surface area contributed by atoms with Gasteiger partial charge in [0, 0.05) is 0 Å². The van der Waals surface area contributed by atoms with Gasteiger partial charge in [-0.15, -0.1) is 0 Å². The van der Waals surface area contributed by atoms with Gasteiger partial charge in [-0.2, -0.15) is 0 Å². The molecule has 6 aromatic rings. The molecule has 346 valence electrons. The Bertz CT molecular complexity index is 2570. The Hall–Kier alpha value is -6.24. The molecule has 0 atom stereocenters. The number of benzene rings is 6. The number of allylic oxidation sites excluding steroid dienone is 4. The minimum Gasteiger partial charge on any atom is -0.0696 e. The molecule has 4 saturated carbocycles. The van der Waals surface area contributed by atoms with Crippen molar-refractivity contribution in [2.75, 3.05) is 0 Å². The van der Waals surface area contributed by atoms with Crippen LogP contribution in [-0.2, 0) is 6.42 Å². The van der Waals surface area contributed by atoms with Crippen molar-refractivity contribution in [1.82, 2.24) is 0 Å². The van der Waals surface area contributed by atoms with E-state index in [1.54, 1.807) is 22.3 Å². The summed E-state index contributed by atoms with van der Waals surface area (Å²) in [5.74, 6) is 0. The van der Waals surface area contributed by atoms with Gasteiger partial charge in [-0.1, -0.05) is 206 Å². The average Bonchev–Trinajstić information content (AvgIpc) is 3.77. The van der Waals surface area contributed by atoms with Crippen molar-refractivity contribution in [1.29, 1.82) is 0 Å². The molecule has 0 amide bonds. The molecule has 0 N–H and O–H groups in total. The Morgan fingerprint density at radius 3 is 0.768 bits per heavy atom. The minimum atomic E-state index is 0.943. The van der Waals surface area contributed by atoms with Crippen LogP contribution >= 0.6 is 0 Å². The Kier molecular flexibility index (Phi) is 14.2. The van der Waals surface area contributed by atoms with Crippen LogP contribution in [0.4, 0.5) is 0 Å². The van der Waals surface area contributed by atoms with Gasteiger partial charge in [0.1, 0.15) is 0 Å². The third-order valence-electron chi connectivity index (χ3n) is 15.9. The maximum atomic E-state index is 2.45. The monoisotopic (exact) mass is 899 g/mol. The molecule has 5 aliphatic rings. The third kappa shape index (κ3) is 11.3. The molecular weight excluding hydrogens is 829 g/mol. The van der Waals surface area contributed by atoms with E-state index in [2.05, 4.69) is 170 Å². The van der Waals surface area contributed by atoms with E-state index in [1.807, 2.05) is 0 Å². The summed E-state index contributed by atoms with van der Waals surface area (Å²) in [6.45, 7) is 0. The zero-order valence-electron chi connectivity index (χ0n) is 41.0. The van der Waals surface area contributed by atoms with E-state index in [9.17, 15) is 0 Å². The van der Waals surface area contributed by atoms with Crippen LogP contribution in [-0.4, -0.2) is 0 Å². The van der Waals surface area contributed by atoms with Crippen LogP contribution in [0.1, 0.15) is 195 Å². The molecule has 5 aliphatic carbocycles. The Labute approximate surface area is 414 Å². The molecule has 69 heavy (non-hydrogen) atoms. The van der Waals surface area contributed by atoms with Crippen molar-refractivity contribution >= 4 is 47.6 Å². The fraction of sp³-hybridized carbons (Fsp3) is 0.304. The lowest BCUT2D eigenvalue weighted by atomic mass is 9.91. The first-order chi connectivity index (χ1) is 34.1. The predicted molar refractivity (Wildman–Crippen MR) is 299 cm³/mol. The summed E-state index contributed by atoms with van der Waals surface area (Å²) in [7, 11) is 0. The van der Waals surface area contributed by atoms with Gasteiger partial charge < -0.3 is 0 Å². The van der Waals surface area contributed by atoms with Crippen LogP contribution in [0.15, 0.2) is 156 Å². The van der Waals surface area contributed by atoms with Crippen LogP contribution in [0.25, 0.3) is 58.7 Å². The first kappa shape index (κ1) is 45.2. The van der Waals surface area contributed by atoms with Crippen molar-refractivity contribution < 1.29 is 0 Å². The highest BCUT2D eigenvalue weighted by molar-refractivity contribution is 5.94. The van der Waals surface area contributed by atoms with Crippen molar-refractivity contribution in [3.8, 4) is 11.1 Å². The van der Waals surface area contributed by atoms with Crippen LogP contribution in [0.2, 0.25) is 0 Å². The van der Waals surface area contributed by atoms with E-state index in [0.717, 1.165) is 6.42 Å². The molecular formula is C69H70. The van der Waals surface area contributed by atoms with E-state index >= 15 is 0 Å². The molecule has 0 radical (unpaired) electrons. The first-order valence-corrected chi connectivity index (χ1v) is 27.0. The normalized spacial score (nSPS) is 16.8. The van der Waals surface area contributed by atoms with E-state index < -0.39 is 0 Å². The minimum absolute atomic E-state index is 0.943. The predicted octanol–water partition coefficient (Wildman–Crippen LogP) is 19.8. The van der Waals surface area contributed by atoms with E-state index in [0.29, 0.717) is 0 Å². The third-order valence-corrected chi connectivity index (χ3v) is 15.9. The topological polar surface area (TPSA) is 0 Å². The number of rotatable bonds is 10. The molecule has 0 aliphatic heterocycles. The average molecular weight is 899 g/mol. The van der Waals surface area contributed by atoms with E-state index in [1.165, 1.54) is 217 Å². The first-order valence-electron chi connectivity index (χ1n) is 27.0. The van der Waals surface area contributed by atoms with E-state index in [-0.39, 0.29) is 0 Å². The van der Waals surface area contributed by atoms with Gasteiger partial charge in [0.25, 0.3) is 0 Å². The largest absolute Gasteiger partial charge is 0.0696 e. The van der Waals surface area contributed by atoms with Crippen LogP contribution in [0.5, 0.6) is 0 Å².